The molecular formula is C53H38N4. The monoisotopic (exact) mass is 730 g/mol. The van der Waals surface area contributed by atoms with Gasteiger partial charge in [-0.25, -0.2) is 0 Å². The molecule has 0 saturated heterocycles. The Bertz CT molecular complexity index is 3190. The largest absolute Gasteiger partial charge is 0.387 e. The number of aromatic nitrogens is 3. The minimum atomic E-state index is -0.231. The van der Waals surface area contributed by atoms with Gasteiger partial charge in [0.25, 0.3) is 0 Å². The van der Waals surface area contributed by atoms with Crippen LogP contribution < -0.4 is 5.32 Å². The predicted molar refractivity (Wildman–Crippen MR) is 235 cm³/mol. The van der Waals surface area contributed by atoms with E-state index in [0.717, 1.165) is 19.4 Å². The normalized spacial score (nSPS) is 21.6. The van der Waals surface area contributed by atoms with Crippen LogP contribution in [-0.2, 0) is 5.41 Å². The summed E-state index contributed by atoms with van der Waals surface area (Å²) in [7, 11) is 0. The fourth-order valence-electron chi connectivity index (χ4n) is 11.4. The Morgan fingerprint density at radius 2 is 1.46 bits per heavy atom. The zero-order chi connectivity index (χ0) is 37.2. The van der Waals surface area contributed by atoms with Crippen molar-refractivity contribution in [3.63, 3.8) is 0 Å². The van der Waals surface area contributed by atoms with Gasteiger partial charge >= 0.3 is 0 Å². The molecule has 13 rings (SSSR count). The number of dihydropyridines is 1. The number of nitrogens with zero attached hydrogens (tertiary/aromatic N) is 3. The van der Waals surface area contributed by atoms with Gasteiger partial charge in [-0.1, -0.05) is 103 Å². The van der Waals surface area contributed by atoms with Crippen molar-refractivity contribution >= 4 is 49.3 Å². The van der Waals surface area contributed by atoms with E-state index in [0.29, 0.717) is 11.8 Å². The lowest BCUT2D eigenvalue weighted by Crippen LogP contribution is -2.34. The summed E-state index contributed by atoms with van der Waals surface area (Å²) >= 11 is 0. The number of hydrogen-bond donors (Lipinski definition) is 1. The highest BCUT2D eigenvalue weighted by molar-refractivity contribution is 6.12. The minimum absolute atomic E-state index is 0.231. The van der Waals surface area contributed by atoms with E-state index in [1.807, 2.05) is 12.4 Å². The number of rotatable bonds is 3. The van der Waals surface area contributed by atoms with Crippen LogP contribution in [0.25, 0.3) is 66.1 Å². The first-order valence-corrected chi connectivity index (χ1v) is 20.3. The van der Waals surface area contributed by atoms with Crippen molar-refractivity contribution in [1.82, 2.24) is 19.4 Å². The van der Waals surface area contributed by atoms with E-state index in [1.54, 1.807) is 0 Å². The molecule has 1 N–H and O–H groups in total. The third kappa shape index (κ3) is 4.09. The molecule has 4 heterocycles. The van der Waals surface area contributed by atoms with Crippen molar-refractivity contribution in [3.05, 3.63) is 210 Å². The Hall–Kier alpha value is -6.91. The van der Waals surface area contributed by atoms with Crippen molar-refractivity contribution in [2.75, 3.05) is 6.54 Å². The van der Waals surface area contributed by atoms with E-state index >= 15 is 0 Å². The molecule has 57 heavy (non-hydrogen) atoms. The second-order valence-electron chi connectivity index (χ2n) is 16.2. The number of para-hydroxylation sites is 2. The lowest BCUT2D eigenvalue weighted by Gasteiger charge is -2.37. The zero-order valence-electron chi connectivity index (χ0n) is 31.4. The molecule has 0 saturated carbocycles. The molecule has 3 unspecified atom stereocenters. The molecule has 1 aliphatic heterocycles. The molecule has 4 nitrogen and oxygen atoms in total. The summed E-state index contributed by atoms with van der Waals surface area (Å²) < 4.78 is 4.90. The number of benzene rings is 5. The molecule has 3 aromatic heterocycles. The molecule has 8 aromatic rings. The Balaban J connectivity index is 0.928. The Kier molecular flexibility index (Phi) is 6.35. The van der Waals surface area contributed by atoms with Gasteiger partial charge in [0.05, 0.1) is 27.5 Å². The van der Waals surface area contributed by atoms with Crippen LogP contribution in [0.2, 0.25) is 0 Å². The van der Waals surface area contributed by atoms with E-state index in [-0.39, 0.29) is 5.41 Å². The Morgan fingerprint density at radius 1 is 0.667 bits per heavy atom. The molecular weight excluding hydrogens is 693 g/mol. The number of pyridine rings is 1. The molecule has 5 aromatic carbocycles. The highest BCUT2D eigenvalue weighted by Gasteiger charge is 2.57. The predicted octanol–water partition coefficient (Wildman–Crippen LogP) is 12.1. The van der Waals surface area contributed by atoms with Gasteiger partial charge in [-0.3, -0.25) is 4.98 Å². The fourth-order valence-corrected chi connectivity index (χ4v) is 11.4. The fraction of sp³-hybridized carbons (Fsp3) is 0.113. The van der Waals surface area contributed by atoms with Crippen molar-refractivity contribution in [3.8, 4) is 16.8 Å². The molecule has 1 spiro atoms. The summed E-state index contributed by atoms with van der Waals surface area (Å²) in [6, 6.07) is 43.4. The minimum Gasteiger partial charge on any atom is -0.387 e. The lowest BCUT2D eigenvalue weighted by atomic mass is 9.64. The first-order valence-electron chi connectivity index (χ1n) is 20.3. The zero-order valence-corrected chi connectivity index (χ0v) is 31.4. The summed E-state index contributed by atoms with van der Waals surface area (Å²) in [5.74, 6) is 0.672. The first-order chi connectivity index (χ1) is 28.3. The van der Waals surface area contributed by atoms with E-state index in [9.17, 15) is 0 Å². The van der Waals surface area contributed by atoms with Crippen molar-refractivity contribution in [2.45, 2.75) is 24.2 Å². The van der Waals surface area contributed by atoms with Crippen LogP contribution >= 0.6 is 0 Å². The van der Waals surface area contributed by atoms with Gasteiger partial charge in [0.1, 0.15) is 0 Å². The second-order valence-corrected chi connectivity index (χ2v) is 16.2. The third-order valence-electron chi connectivity index (χ3n) is 13.7. The first kappa shape index (κ1) is 31.3. The van der Waals surface area contributed by atoms with E-state index < -0.39 is 0 Å². The summed E-state index contributed by atoms with van der Waals surface area (Å²) in [5, 5.41) is 8.58. The molecule has 5 aliphatic rings. The number of hydrogen-bond acceptors (Lipinski definition) is 2. The summed E-state index contributed by atoms with van der Waals surface area (Å²) in [4.78, 5) is 4.44. The number of allylic oxidation sites excluding steroid dienone is 9. The van der Waals surface area contributed by atoms with Crippen molar-refractivity contribution in [1.29, 1.82) is 0 Å². The van der Waals surface area contributed by atoms with E-state index in [1.165, 1.54) is 99.5 Å². The smallest absolute Gasteiger partial charge is 0.0571 e. The highest BCUT2D eigenvalue weighted by Crippen LogP contribution is 2.65. The molecule has 0 bridgehead atoms. The Morgan fingerprint density at radius 3 is 2.32 bits per heavy atom. The maximum Gasteiger partial charge on any atom is 0.0571 e. The van der Waals surface area contributed by atoms with Crippen LogP contribution in [0.3, 0.4) is 0 Å². The third-order valence-corrected chi connectivity index (χ3v) is 13.7. The SMILES string of the molecule is C1=CCC2C(=C1)C1=C(C=CNC1)C21c2ccccc2-c2cc3c4ccccc4n(-c4ccc(C5C=CC(n6c7ccccc7c7cnccc76)=CC5)cc4)c3cc21. The quantitative estimate of drug-likeness (QED) is 0.196. The average Bonchev–Trinajstić information content (AvgIpc) is 3.98. The van der Waals surface area contributed by atoms with Crippen LogP contribution in [-0.4, -0.2) is 20.7 Å². The van der Waals surface area contributed by atoms with Crippen LogP contribution in [0.4, 0.5) is 0 Å². The van der Waals surface area contributed by atoms with Gasteiger partial charge in [-0.2, -0.15) is 0 Å². The number of fused-ring (bicyclic) bond motifs is 15. The van der Waals surface area contributed by atoms with E-state index in [2.05, 4.69) is 183 Å². The summed E-state index contributed by atoms with van der Waals surface area (Å²) in [6.07, 6.45) is 24.5. The molecule has 4 heteroatoms. The van der Waals surface area contributed by atoms with Crippen molar-refractivity contribution in [2.24, 2.45) is 5.92 Å². The molecule has 3 atom stereocenters. The second kappa shape index (κ2) is 11.6. The topological polar surface area (TPSA) is 34.8 Å². The Labute approximate surface area is 330 Å². The van der Waals surface area contributed by atoms with Gasteiger partial charge in [-0.15, -0.1) is 0 Å². The van der Waals surface area contributed by atoms with Crippen LogP contribution in [0.15, 0.2) is 193 Å². The van der Waals surface area contributed by atoms with Crippen LogP contribution in [0, 0.1) is 5.92 Å². The van der Waals surface area contributed by atoms with Crippen LogP contribution in [0.1, 0.15) is 35.4 Å². The average molecular weight is 731 g/mol. The molecule has 0 radical (unpaired) electrons. The maximum atomic E-state index is 4.44. The molecule has 4 aliphatic carbocycles. The van der Waals surface area contributed by atoms with Gasteiger partial charge in [-0.05, 0) is 118 Å². The highest BCUT2D eigenvalue weighted by atomic mass is 15.0. The van der Waals surface area contributed by atoms with Crippen LogP contribution in [0.5, 0.6) is 0 Å². The molecule has 0 amide bonds. The standard InChI is InChI=1S/C53H38N4/c1-5-13-45-37(9-1)41-29-42-39-11-3-7-15-49(39)57(52(42)30-48(41)53(45)46-14-6-2-10-38(46)43-31-54-27-25-47(43)53)36-23-19-34(20-24-36)33-17-21-35(22-18-33)56-50-16-8-4-12-40(50)44-32-55-28-26-51(44)56/h1-13,15-17,19-30,32-33,46,54H,14,18,31H2. The molecule has 270 valence electrons. The van der Waals surface area contributed by atoms with Gasteiger partial charge in [0.2, 0.25) is 0 Å². The summed E-state index contributed by atoms with van der Waals surface area (Å²) in [6.45, 7) is 0.876. The van der Waals surface area contributed by atoms with Gasteiger partial charge < -0.3 is 14.5 Å². The van der Waals surface area contributed by atoms with Gasteiger partial charge in [0.15, 0.2) is 0 Å². The van der Waals surface area contributed by atoms with E-state index in [4.69, 9.17) is 0 Å². The lowest BCUT2D eigenvalue weighted by molar-refractivity contribution is 0.464. The number of nitrogens with one attached hydrogen (secondary N) is 1. The van der Waals surface area contributed by atoms with Crippen molar-refractivity contribution < 1.29 is 0 Å². The summed E-state index contributed by atoms with van der Waals surface area (Å²) in [5.41, 5.74) is 18.5. The van der Waals surface area contributed by atoms with Gasteiger partial charge in [0, 0.05) is 63.7 Å². The maximum absolute atomic E-state index is 4.44. The molecule has 0 fully saturated rings.